The monoisotopic (exact) mass is 371 g/mol. The SMILES string of the molecule is Nc1nc(-c2ccccc2)nc2c1ncc(=O)n2[C@@H]1O[C@H](CO)[C@@H](O)[C@H]1O. The number of nitrogens with two attached hydrogens (primary N) is 1. The molecule has 1 saturated heterocycles. The first-order chi connectivity index (χ1) is 13.0. The van der Waals surface area contributed by atoms with E-state index in [9.17, 15) is 20.1 Å². The predicted octanol–water partition coefficient (Wildman–Crippen LogP) is -0.953. The number of fused-ring (bicyclic) bond motifs is 1. The molecule has 0 unspecified atom stereocenters. The molecule has 5 N–H and O–H groups in total. The summed E-state index contributed by atoms with van der Waals surface area (Å²) in [4.78, 5) is 25.1. The molecule has 0 saturated carbocycles. The Bertz CT molecular complexity index is 1040. The zero-order valence-corrected chi connectivity index (χ0v) is 14.0. The highest BCUT2D eigenvalue weighted by Crippen LogP contribution is 2.31. The Balaban J connectivity index is 1.94. The second-order valence-corrected chi connectivity index (χ2v) is 6.17. The maximum Gasteiger partial charge on any atom is 0.272 e. The van der Waals surface area contributed by atoms with Crippen molar-refractivity contribution in [2.75, 3.05) is 12.3 Å². The van der Waals surface area contributed by atoms with Crippen molar-refractivity contribution in [1.82, 2.24) is 19.5 Å². The summed E-state index contributed by atoms with van der Waals surface area (Å²) in [6.07, 6.45) is -4.08. The Hall–Kier alpha value is -2.92. The number of aliphatic hydroxyl groups is 3. The number of hydrogen-bond acceptors (Lipinski definition) is 9. The Morgan fingerprint density at radius 1 is 1.15 bits per heavy atom. The summed E-state index contributed by atoms with van der Waals surface area (Å²) >= 11 is 0. The van der Waals surface area contributed by atoms with Gasteiger partial charge < -0.3 is 25.8 Å². The first kappa shape index (κ1) is 17.5. The first-order valence-electron chi connectivity index (χ1n) is 8.24. The smallest absolute Gasteiger partial charge is 0.272 e. The van der Waals surface area contributed by atoms with Gasteiger partial charge in [0.05, 0.1) is 12.8 Å². The highest BCUT2D eigenvalue weighted by atomic mass is 16.6. The van der Waals surface area contributed by atoms with Crippen LogP contribution in [0.2, 0.25) is 0 Å². The molecule has 1 aliphatic heterocycles. The van der Waals surface area contributed by atoms with Crippen molar-refractivity contribution >= 4 is 17.0 Å². The molecule has 2 aromatic heterocycles. The molecule has 0 aliphatic carbocycles. The molecule has 1 aromatic carbocycles. The largest absolute Gasteiger partial charge is 0.394 e. The molecule has 1 fully saturated rings. The molecule has 10 nitrogen and oxygen atoms in total. The fourth-order valence-electron chi connectivity index (χ4n) is 3.09. The van der Waals surface area contributed by atoms with Gasteiger partial charge in [-0.15, -0.1) is 0 Å². The minimum atomic E-state index is -1.44. The lowest BCUT2D eigenvalue weighted by Gasteiger charge is -2.19. The molecule has 1 aliphatic rings. The molecule has 3 heterocycles. The van der Waals surface area contributed by atoms with Crippen molar-refractivity contribution in [3.8, 4) is 11.4 Å². The van der Waals surface area contributed by atoms with E-state index in [2.05, 4.69) is 15.0 Å². The third-order valence-corrected chi connectivity index (χ3v) is 4.47. The fraction of sp³-hybridized carbons (Fsp3) is 0.294. The highest BCUT2D eigenvalue weighted by molar-refractivity contribution is 5.83. The summed E-state index contributed by atoms with van der Waals surface area (Å²) < 4.78 is 6.55. The number of anilines is 1. The van der Waals surface area contributed by atoms with Gasteiger partial charge in [-0.2, -0.15) is 0 Å². The van der Waals surface area contributed by atoms with Crippen LogP contribution >= 0.6 is 0 Å². The van der Waals surface area contributed by atoms with Crippen molar-refractivity contribution in [2.24, 2.45) is 0 Å². The average Bonchev–Trinajstić information content (AvgIpc) is 2.96. The first-order valence-corrected chi connectivity index (χ1v) is 8.24. The highest BCUT2D eigenvalue weighted by Gasteiger charge is 2.44. The van der Waals surface area contributed by atoms with E-state index in [1.54, 1.807) is 24.3 Å². The number of benzene rings is 1. The second kappa shape index (κ2) is 6.67. The van der Waals surface area contributed by atoms with Gasteiger partial charge in [0.1, 0.15) is 23.8 Å². The molecule has 0 radical (unpaired) electrons. The summed E-state index contributed by atoms with van der Waals surface area (Å²) in [5.41, 5.74) is 6.30. The molecule has 10 heteroatoms. The Morgan fingerprint density at radius 2 is 1.89 bits per heavy atom. The number of hydrogen-bond donors (Lipinski definition) is 4. The van der Waals surface area contributed by atoms with E-state index in [-0.39, 0.29) is 22.8 Å². The van der Waals surface area contributed by atoms with E-state index in [1.807, 2.05) is 6.07 Å². The lowest BCUT2D eigenvalue weighted by atomic mass is 10.1. The number of rotatable bonds is 3. The van der Waals surface area contributed by atoms with Gasteiger partial charge >= 0.3 is 0 Å². The molecule has 0 amide bonds. The van der Waals surface area contributed by atoms with E-state index in [1.165, 1.54) is 0 Å². The lowest BCUT2D eigenvalue weighted by molar-refractivity contribution is -0.0525. The van der Waals surface area contributed by atoms with E-state index in [0.29, 0.717) is 5.56 Å². The maximum absolute atomic E-state index is 12.5. The van der Waals surface area contributed by atoms with E-state index >= 15 is 0 Å². The van der Waals surface area contributed by atoms with Crippen molar-refractivity contribution in [1.29, 1.82) is 0 Å². The van der Waals surface area contributed by atoms with E-state index < -0.39 is 36.7 Å². The van der Waals surface area contributed by atoms with Crippen LogP contribution in [-0.4, -0.2) is 59.8 Å². The predicted molar refractivity (Wildman–Crippen MR) is 94.5 cm³/mol. The topological polar surface area (TPSA) is 157 Å². The standard InChI is InChI=1S/C17H17N5O5/c18-14-11-16(21-15(20-14)8-4-2-1-3-5-8)22(10(24)6-19-11)17-13(26)12(25)9(7-23)27-17/h1-6,9,12-13,17,23,25-26H,7H2,(H2,18,20,21)/t9-,12-,13-,17-/m1/s1. The summed E-state index contributed by atoms with van der Waals surface area (Å²) in [7, 11) is 0. The molecular formula is C17H17N5O5. The summed E-state index contributed by atoms with van der Waals surface area (Å²) in [6.45, 7) is -0.515. The minimum Gasteiger partial charge on any atom is -0.394 e. The summed E-state index contributed by atoms with van der Waals surface area (Å²) in [5, 5.41) is 29.6. The van der Waals surface area contributed by atoms with Crippen molar-refractivity contribution in [3.05, 3.63) is 46.9 Å². The second-order valence-electron chi connectivity index (χ2n) is 6.17. The third kappa shape index (κ3) is 2.84. The fourth-order valence-corrected chi connectivity index (χ4v) is 3.09. The Morgan fingerprint density at radius 3 is 2.56 bits per heavy atom. The molecule has 0 spiro atoms. The third-order valence-electron chi connectivity index (χ3n) is 4.47. The van der Waals surface area contributed by atoms with Gasteiger partial charge in [-0.3, -0.25) is 9.36 Å². The quantitative estimate of drug-likeness (QED) is 0.455. The van der Waals surface area contributed by atoms with Crippen LogP contribution in [0, 0.1) is 0 Å². The van der Waals surface area contributed by atoms with Gasteiger partial charge in [0.25, 0.3) is 5.56 Å². The van der Waals surface area contributed by atoms with Gasteiger partial charge in [0, 0.05) is 5.56 Å². The van der Waals surface area contributed by atoms with Crippen LogP contribution in [0.3, 0.4) is 0 Å². The Labute approximate surface area is 152 Å². The molecular weight excluding hydrogens is 354 g/mol. The zero-order valence-electron chi connectivity index (χ0n) is 14.0. The van der Waals surface area contributed by atoms with Crippen LogP contribution in [0.25, 0.3) is 22.6 Å². The molecule has 0 bridgehead atoms. The zero-order chi connectivity index (χ0) is 19.1. The van der Waals surface area contributed by atoms with Crippen LogP contribution in [0.1, 0.15) is 6.23 Å². The van der Waals surface area contributed by atoms with Gasteiger partial charge in [-0.25, -0.2) is 15.0 Å². The van der Waals surface area contributed by atoms with Crippen LogP contribution in [0.5, 0.6) is 0 Å². The number of aliphatic hydroxyl groups excluding tert-OH is 3. The molecule has 27 heavy (non-hydrogen) atoms. The summed E-state index contributed by atoms with van der Waals surface area (Å²) in [5.74, 6) is 0.327. The number of nitrogens with zero attached hydrogens (tertiary/aromatic N) is 4. The number of ether oxygens (including phenoxy) is 1. The van der Waals surface area contributed by atoms with E-state index in [0.717, 1.165) is 10.8 Å². The average molecular weight is 371 g/mol. The molecule has 140 valence electrons. The lowest BCUT2D eigenvalue weighted by Crippen LogP contribution is -2.36. The van der Waals surface area contributed by atoms with Crippen LogP contribution in [0.4, 0.5) is 5.82 Å². The maximum atomic E-state index is 12.5. The van der Waals surface area contributed by atoms with Gasteiger partial charge in [0.15, 0.2) is 23.5 Å². The number of aromatic nitrogens is 4. The van der Waals surface area contributed by atoms with Crippen molar-refractivity contribution in [2.45, 2.75) is 24.5 Å². The summed E-state index contributed by atoms with van der Waals surface area (Å²) in [6, 6.07) is 9.02. The van der Waals surface area contributed by atoms with Crippen LogP contribution in [-0.2, 0) is 4.74 Å². The van der Waals surface area contributed by atoms with Crippen LogP contribution < -0.4 is 11.3 Å². The van der Waals surface area contributed by atoms with Crippen molar-refractivity contribution < 1.29 is 20.1 Å². The van der Waals surface area contributed by atoms with Crippen molar-refractivity contribution in [3.63, 3.8) is 0 Å². The van der Waals surface area contributed by atoms with Gasteiger partial charge in [-0.05, 0) is 0 Å². The van der Waals surface area contributed by atoms with Gasteiger partial charge in [-0.1, -0.05) is 30.3 Å². The minimum absolute atomic E-state index is 0.0550. The Kier molecular flexibility index (Phi) is 4.32. The molecule has 4 atom stereocenters. The van der Waals surface area contributed by atoms with E-state index in [4.69, 9.17) is 10.5 Å². The molecule has 3 aromatic rings. The normalized spacial score (nSPS) is 25.1. The van der Waals surface area contributed by atoms with Gasteiger partial charge in [0.2, 0.25) is 0 Å². The van der Waals surface area contributed by atoms with Crippen LogP contribution in [0.15, 0.2) is 41.3 Å². The molecule has 4 rings (SSSR count). The number of nitrogen functional groups attached to an aromatic ring is 1.